The van der Waals surface area contributed by atoms with Crippen LogP contribution in [0.4, 0.5) is 11.4 Å². The van der Waals surface area contributed by atoms with Gasteiger partial charge >= 0.3 is 0 Å². The quantitative estimate of drug-likeness (QED) is 0.592. The van der Waals surface area contributed by atoms with Crippen molar-refractivity contribution in [2.24, 2.45) is 0 Å². The Morgan fingerprint density at radius 3 is 2.71 bits per heavy atom. The highest BCUT2D eigenvalue weighted by Crippen LogP contribution is 2.27. The molecule has 1 aromatic rings. The molecule has 1 saturated heterocycles. The second kappa shape index (κ2) is 5.06. The molecule has 0 spiro atoms. The summed E-state index contributed by atoms with van der Waals surface area (Å²) >= 11 is 1.86. The van der Waals surface area contributed by atoms with E-state index in [2.05, 4.69) is 6.07 Å². The molecular weight excluding hydrogens is 238 g/mol. The maximum Gasteiger partial charge on any atom is 0.271 e. The van der Waals surface area contributed by atoms with Gasteiger partial charge in [0.25, 0.3) is 5.69 Å². The Hall–Kier alpha value is -1.74. The van der Waals surface area contributed by atoms with Crippen LogP contribution in [0.2, 0.25) is 0 Å². The Balaban J connectivity index is 2.38. The van der Waals surface area contributed by atoms with Gasteiger partial charge in [0.1, 0.15) is 6.07 Å². The maximum atomic E-state index is 10.7. The number of benzene rings is 1. The number of hydrogen-bond acceptors (Lipinski definition) is 5. The SMILES string of the molecule is N#Cc1ccc([N+](=O)[O-])cc1N1CCSCC1. The fourth-order valence-corrected chi connectivity index (χ4v) is 2.70. The van der Waals surface area contributed by atoms with E-state index in [4.69, 9.17) is 5.26 Å². The maximum absolute atomic E-state index is 10.7. The summed E-state index contributed by atoms with van der Waals surface area (Å²) in [6.07, 6.45) is 0. The summed E-state index contributed by atoms with van der Waals surface area (Å²) < 4.78 is 0. The molecule has 0 aliphatic carbocycles. The minimum atomic E-state index is -0.427. The van der Waals surface area contributed by atoms with Gasteiger partial charge in [-0.25, -0.2) is 0 Å². The summed E-state index contributed by atoms with van der Waals surface area (Å²) in [6, 6.07) is 6.48. The van der Waals surface area contributed by atoms with Crippen molar-refractivity contribution in [3.63, 3.8) is 0 Å². The molecule has 5 nitrogen and oxygen atoms in total. The monoisotopic (exact) mass is 249 g/mol. The van der Waals surface area contributed by atoms with Gasteiger partial charge in [0.05, 0.1) is 16.2 Å². The molecule has 0 atom stereocenters. The fourth-order valence-electron chi connectivity index (χ4n) is 1.79. The van der Waals surface area contributed by atoms with Crippen LogP contribution in [0, 0.1) is 21.4 Å². The van der Waals surface area contributed by atoms with E-state index in [0.29, 0.717) is 11.3 Å². The van der Waals surface area contributed by atoms with Crippen LogP contribution in [0.1, 0.15) is 5.56 Å². The largest absolute Gasteiger partial charge is 0.369 e. The second-order valence-electron chi connectivity index (χ2n) is 3.67. The fraction of sp³-hybridized carbons (Fsp3) is 0.364. The molecule has 0 radical (unpaired) electrons. The summed E-state index contributed by atoms with van der Waals surface area (Å²) in [5.41, 5.74) is 1.22. The van der Waals surface area contributed by atoms with Crippen LogP contribution >= 0.6 is 11.8 Å². The summed E-state index contributed by atoms with van der Waals surface area (Å²) in [5, 5.41) is 19.8. The third-order valence-electron chi connectivity index (χ3n) is 2.66. The average molecular weight is 249 g/mol. The summed E-state index contributed by atoms with van der Waals surface area (Å²) in [6.45, 7) is 1.67. The molecule has 6 heteroatoms. The van der Waals surface area contributed by atoms with Crippen molar-refractivity contribution in [1.82, 2.24) is 0 Å². The van der Waals surface area contributed by atoms with Gasteiger partial charge in [0, 0.05) is 36.7 Å². The van der Waals surface area contributed by atoms with Crippen LogP contribution in [0.5, 0.6) is 0 Å². The number of non-ortho nitro benzene ring substituents is 1. The normalized spacial score (nSPS) is 15.4. The number of thioether (sulfide) groups is 1. The molecule has 17 heavy (non-hydrogen) atoms. The van der Waals surface area contributed by atoms with Crippen LogP contribution in [-0.2, 0) is 0 Å². The van der Waals surface area contributed by atoms with Crippen molar-refractivity contribution in [3.8, 4) is 6.07 Å². The van der Waals surface area contributed by atoms with Crippen molar-refractivity contribution < 1.29 is 4.92 Å². The first-order valence-corrected chi connectivity index (χ1v) is 6.39. The number of nitrogens with zero attached hydrogens (tertiary/aromatic N) is 3. The average Bonchev–Trinajstić information content (AvgIpc) is 2.39. The summed E-state index contributed by atoms with van der Waals surface area (Å²) in [7, 11) is 0. The smallest absolute Gasteiger partial charge is 0.271 e. The van der Waals surface area contributed by atoms with E-state index >= 15 is 0 Å². The molecular formula is C11H11N3O2S. The van der Waals surface area contributed by atoms with E-state index in [1.54, 1.807) is 0 Å². The van der Waals surface area contributed by atoms with Gasteiger partial charge in [-0.2, -0.15) is 17.0 Å². The highest BCUT2D eigenvalue weighted by Gasteiger charge is 2.18. The van der Waals surface area contributed by atoms with E-state index in [1.807, 2.05) is 16.7 Å². The molecule has 0 bridgehead atoms. The molecule has 1 aromatic carbocycles. The zero-order valence-electron chi connectivity index (χ0n) is 9.13. The number of nitro benzene ring substituents is 1. The standard InChI is InChI=1S/C11H11N3O2S/c12-8-9-1-2-10(14(15)16)7-11(9)13-3-5-17-6-4-13/h1-2,7H,3-6H2. The Bertz CT molecular complexity index is 478. The Kier molecular flexibility index (Phi) is 3.49. The number of nitro groups is 1. The van der Waals surface area contributed by atoms with Gasteiger partial charge in [-0.05, 0) is 6.07 Å². The van der Waals surface area contributed by atoms with E-state index in [1.165, 1.54) is 18.2 Å². The highest BCUT2D eigenvalue weighted by molar-refractivity contribution is 7.99. The van der Waals surface area contributed by atoms with Gasteiger partial charge < -0.3 is 4.90 Å². The van der Waals surface area contributed by atoms with Gasteiger partial charge in [0.15, 0.2) is 0 Å². The second-order valence-corrected chi connectivity index (χ2v) is 4.89. The molecule has 1 fully saturated rings. The topological polar surface area (TPSA) is 70.2 Å². The first-order chi connectivity index (χ1) is 8.22. The molecule has 1 heterocycles. The zero-order chi connectivity index (χ0) is 12.3. The van der Waals surface area contributed by atoms with Gasteiger partial charge in [0.2, 0.25) is 0 Å². The number of hydrogen-bond donors (Lipinski definition) is 0. The first kappa shape index (κ1) is 11.7. The molecule has 0 aromatic heterocycles. The van der Waals surface area contributed by atoms with Crippen LogP contribution < -0.4 is 4.90 Å². The Morgan fingerprint density at radius 2 is 2.12 bits per heavy atom. The van der Waals surface area contributed by atoms with Crippen molar-refractivity contribution >= 4 is 23.1 Å². The van der Waals surface area contributed by atoms with Crippen molar-refractivity contribution in [3.05, 3.63) is 33.9 Å². The zero-order valence-corrected chi connectivity index (χ0v) is 9.94. The van der Waals surface area contributed by atoms with Crippen LogP contribution in [0.25, 0.3) is 0 Å². The lowest BCUT2D eigenvalue weighted by atomic mass is 10.1. The lowest BCUT2D eigenvalue weighted by Gasteiger charge is -2.28. The summed E-state index contributed by atoms with van der Waals surface area (Å²) in [4.78, 5) is 12.4. The van der Waals surface area contributed by atoms with Crippen molar-refractivity contribution in [1.29, 1.82) is 5.26 Å². The van der Waals surface area contributed by atoms with E-state index in [9.17, 15) is 10.1 Å². The molecule has 0 saturated carbocycles. The Morgan fingerprint density at radius 1 is 1.41 bits per heavy atom. The predicted molar refractivity (Wildman–Crippen MR) is 67.3 cm³/mol. The van der Waals surface area contributed by atoms with Crippen LogP contribution in [0.3, 0.4) is 0 Å². The van der Waals surface area contributed by atoms with E-state index in [-0.39, 0.29) is 5.69 Å². The molecule has 2 rings (SSSR count). The number of anilines is 1. The molecule has 88 valence electrons. The number of rotatable bonds is 2. The number of nitriles is 1. The molecule has 0 N–H and O–H groups in total. The predicted octanol–water partition coefficient (Wildman–Crippen LogP) is 2.02. The molecule has 0 unspecified atom stereocenters. The van der Waals surface area contributed by atoms with Crippen LogP contribution in [-0.4, -0.2) is 29.5 Å². The third kappa shape index (κ3) is 2.50. The molecule has 1 aliphatic heterocycles. The third-order valence-corrected chi connectivity index (χ3v) is 3.61. The lowest BCUT2D eigenvalue weighted by molar-refractivity contribution is -0.384. The minimum Gasteiger partial charge on any atom is -0.369 e. The summed E-state index contributed by atoms with van der Waals surface area (Å²) in [5.74, 6) is 1.99. The van der Waals surface area contributed by atoms with Crippen molar-refractivity contribution in [2.45, 2.75) is 0 Å². The first-order valence-electron chi connectivity index (χ1n) is 5.23. The minimum absolute atomic E-state index is 0.0391. The molecule has 1 aliphatic rings. The van der Waals surface area contributed by atoms with Crippen molar-refractivity contribution in [2.75, 3.05) is 29.5 Å². The lowest BCUT2D eigenvalue weighted by Crippen LogP contribution is -2.33. The van der Waals surface area contributed by atoms with Gasteiger partial charge in [-0.15, -0.1) is 0 Å². The van der Waals surface area contributed by atoms with E-state index < -0.39 is 4.92 Å². The van der Waals surface area contributed by atoms with Gasteiger partial charge in [-0.1, -0.05) is 0 Å². The Labute approximate surface area is 103 Å². The highest BCUT2D eigenvalue weighted by atomic mass is 32.2. The van der Waals surface area contributed by atoms with Crippen LogP contribution in [0.15, 0.2) is 18.2 Å². The van der Waals surface area contributed by atoms with Gasteiger partial charge in [-0.3, -0.25) is 10.1 Å². The van der Waals surface area contributed by atoms with E-state index in [0.717, 1.165) is 24.6 Å². The molecule has 0 amide bonds.